The maximum atomic E-state index is 11.9. The molecule has 3 nitrogen and oxygen atoms in total. The lowest BCUT2D eigenvalue weighted by Crippen LogP contribution is -2.53. The van der Waals surface area contributed by atoms with Crippen molar-refractivity contribution in [3.05, 3.63) is 34.0 Å². The van der Waals surface area contributed by atoms with E-state index in [4.69, 9.17) is 9.84 Å². The van der Waals surface area contributed by atoms with Gasteiger partial charge in [0.15, 0.2) is 0 Å². The first kappa shape index (κ1) is 20.2. The van der Waals surface area contributed by atoms with E-state index < -0.39 is 5.60 Å². The van der Waals surface area contributed by atoms with Crippen LogP contribution in [0.15, 0.2) is 28.5 Å². The zero-order chi connectivity index (χ0) is 20.3. The number of aliphatic hydroxyl groups excluding tert-OH is 1. The van der Waals surface area contributed by atoms with Gasteiger partial charge in [-0.2, -0.15) is 11.3 Å². The third-order valence-electron chi connectivity index (χ3n) is 9.65. The first-order chi connectivity index (χ1) is 13.9. The standard InChI is InChI=1S/C25H36O3S/c1-23-9-5-19(28-13-12-26)15-17(23)3-4-20-21(23)6-10-24(2)22(20)7-11-25(24,27)18-8-14-29-16-18/h3,8,14,16,19-22,26-27H,4-7,9-13,15H2,1-2H3/t19?,20-,21-,22+,23+,24+,25?/m1/s1. The smallest absolute Gasteiger partial charge is 0.0960 e. The Morgan fingerprint density at radius 1 is 1.14 bits per heavy atom. The Hall–Kier alpha value is -0.680. The fourth-order valence-electron chi connectivity index (χ4n) is 7.98. The third-order valence-corrected chi connectivity index (χ3v) is 10.3. The summed E-state index contributed by atoms with van der Waals surface area (Å²) in [4.78, 5) is 0. The second-order valence-electron chi connectivity index (χ2n) is 10.6. The molecular formula is C25H36O3S. The molecule has 4 heteroatoms. The van der Waals surface area contributed by atoms with Crippen molar-refractivity contribution in [1.29, 1.82) is 0 Å². The molecule has 0 spiro atoms. The molecule has 3 fully saturated rings. The first-order valence-corrected chi connectivity index (χ1v) is 12.5. The van der Waals surface area contributed by atoms with Crippen LogP contribution in [0.25, 0.3) is 0 Å². The van der Waals surface area contributed by atoms with E-state index in [-0.39, 0.29) is 18.1 Å². The summed E-state index contributed by atoms with van der Waals surface area (Å²) in [5, 5.41) is 25.3. The molecule has 0 amide bonds. The van der Waals surface area contributed by atoms with Gasteiger partial charge < -0.3 is 14.9 Å². The Kier molecular flexibility index (Phi) is 5.01. The molecule has 3 saturated carbocycles. The van der Waals surface area contributed by atoms with Gasteiger partial charge in [-0.05, 0) is 96.9 Å². The summed E-state index contributed by atoms with van der Waals surface area (Å²) >= 11 is 1.71. The zero-order valence-corrected chi connectivity index (χ0v) is 18.7. The van der Waals surface area contributed by atoms with Crippen LogP contribution in [0.3, 0.4) is 0 Å². The highest BCUT2D eigenvalue weighted by molar-refractivity contribution is 7.08. The molecule has 0 aromatic carbocycles. The number of hydrogen-bond acceptors (Lipinski definition) is 4. The molecule has 4 aliphatic carbocycles. The summed E-state index contributed by atoms with van der Waals surface area (Å²) in [5.74, 6) is 2.05. The largest absolute Gasteiger partial charge is 0.394 e. The Morgan fingerprint density at radius 2 is 1.97 bits per heavy atom. The van der Waals surface area contributed by atoms with Crippen molar-refractivity contribution in [1.82, 2.24) is 0 Å². The van der Waals surface area contributed by atoms with Crippen LogP contribution in [0, 0.1) is 28.6 Å². The van der Waals surface area contributed by atoms with Crippen LogP contribution >= 0.6 is 11.3 Å². The van der Waals surface area contributed by atoms with E-state index in [1.165, 1.54) is 19.3 Å². The van der Waals surface area contributed by atoms with Gasteiger partial charge in [0.05, 0.1) is 24.9 Å². The molecule has 7 atom stereocenters. The summed E-state index contributed by atoms with van der Waals surface area (Å²) in [7, 11) is 0. The van der Waals surface area contributed by atoms with Gasteiger partial charge in [0.2, 0.25) is 0 Å². The number of ether oxygens (including phenoxy) is 1. The minimum absolute atomic E-state index is 0.00160. The minimum atomic E-state index is -0.649. The Bertz CT molecular complexity index is 773. The molecule has 1 aromatic rings. The van der Waals surface area contributed by atoms with Crippen molar-refractivity contribution in [2.45, 2.75) is 76.9 Å². The molecule has 4 aliphatic rings. The summed E-state index contributed by atoms with van der Waals surface area (Å²) in [6, 6.07) is 2.15. The van der Waals surface area contributed by atoms with Gasteiger partial charge in [0.1, 0.15) is 0 Å². The second kappa shape index (κ2) is 7.19. The van der Waals surface area contributed by atoms with Crippen molar-refractivity contribution in [2.75, 3.05) is 13.2 Å². The van der Waals surface area contributed by atoms with E-state index in [1.807, 2.05) is 0 Å². The van der Waals surface area contributed by atoms with Crippen LogP contribution in [-0.4, -0.2) is 29.5 Å². The molecule has 0 bridgehead atoms. The van der Waals surface area contributed by atoms with Gasteiger partial charge >= 0.3 is 0 Å². The fraction of sp³-hybridized carbons (Fsp3) is 0.760. The molecular weight excluding hydrogens is 380 g/mol. The number of thiophene rings is 1. The molecule has 0 radical (unpaired) electrons. The van der Waals surface area contributed by atoms with Crippen molar-refractivity contribution in [3.63, 3.8) is 0 Å². The Morgan fingerprint density at radius 3 is 2.72 bits per heavy atom. The van der Waals surface area contributed by atoms with Crippen LogP contribution in [0.4, 0.5) is 0 Å². The monoisotopic (exact) mass is 416 g/mol. The van der Waals surface area contributed by atoms with Crippen LogP contribution in [0.2, 0.25) is 0 Å². The quantitative estimate of drug-likeness (QED) is 0.657. The van der Waals surface area contributed by atoms with Gasteiger partial charge in [-0.1, -0.05) is 25.5 Å². The average Bonchev–Trinajstić information content (AvgIpc) is 3.34. The molecule has 5 rings (SSSR count). The molecule has 1 heterocycles. The van der Waals surface area contributed by atoms with E-state index in [2.05, 4.69) is 36.7 Å². The summed E-state index contributed by atoms with van der Waals surface area (Å²) in [6.07, 6.45) is 11.8. The predicted octanol–water partition coefficient (Wildman–Crippen LogP) is 5.28. The van der Waals surface area contributed by atoms with Crippen molar-refractivity contribution in [2.24, 2.45) is 28.6 Å². The molecule has 0 saturated heterocycles. The van der Waals surface area contributed by atoms with Gasteiger partial charge in [0, 0.05) is 5.41 Å². The van der Waals surface area contributed by atoms with Gasteiger partial charge in [0.25, 0.3) is 0 Å². The fourth-order valence-corrected chi connectivity index (χ4v) is 8.70. The van der Waals surface area contributed by atoms with Gasteiger partial charge in [-0.15, -0.1) is 0 Å². The van der Waals surface area contributed by atoms with Crippen LogP contribution in [0.1, 0.15) is 70.8 Å². The summed E-state index contributed by atoms with van der Waals surface area (Å²) in [5.41, 5.74) is 2.42. The lowest BCUT2D eigenvalue weighted by Gasteiger charge is -2.59. The van der Waals surface area contributed by atoms with Crippen molar-refractivity contribution < 1.29 is 14.9 Å². The second-order valence-corrected chi connectivity index (χ2v) is 11.4. The highest BCUT2D eigenvalue weighted by atomic mass is 32.1. The zero-order valence-electron chi connectivity index (χ0n) is 17.9. The molecule has 1 aromatic heterocycles. The highest BCUT2D eigenvalue weighted by Crippen LogP contribution is 2.69. The SMILES string of the molecule is C[C@]12CCC(OCCO)CC1=CC[C@@H]1[C@H]2CC[C@@]2(C)[C@H]1CCC2(O)c1ccsc1. The third kappa shape index (κ3) is 2.86. The maximum absolute atomic E-state index is 11.9. The lowest BCUT2D eigenvalue weighted by atomic mass is 9.46. The Balaban J connectivity index is 1.41. The number of aliphatic hydroxyl groups is 2. The molecule has 2 N–H and O–H groups in total. The first-order valence-electron chi connectivity index (χ1n) is 11.6. The van der Waals surface area contributed by atoms with Crippen LogP contribution in [0.5, 0.6) is 0 Å². The normalized spacial score (nSPS) is 46.6. The molecule has 0 aliphatic heterocycles. The summed E-state index contributed by atoms with van der Waals surface area (Å²) in [6.45, 7) is 5.48. The molecule has 2 unspecified atom stereocenters. The lowest BCUT2D eigenvalue weighted by molar-refractivity contribution is -0.130. The van der Waals surface area contributed by atoms with E-state index in [1.54, 1.807) is 16.9 Å². The van der Waals surface area contributed by atoms with Crippen molar-refractivity contribution in [3.8, 4) is 0 Å². The number of fused-ring (bicyclic) bond motifs is 5. The molecule has 160 valence electrons. The van der Waals surface area contributed by atoms with E-state index in [0.29, 0.717) is 23.9 Å². The van der Waals surface area contributed by atoms with E-state index in [9.17, 15) is 5.11 Å². The van der Waals surface area contributed by atoms with Gasteiger partial charge in [-0.25, -0.2) is 0 Å². The van der Waals surface area contributed by atoms with E-state index in [0.717, 1.165) is 43.6 Å². The van der Waals surface area contributed by atoms with Crippen molar-refractivity contribution >= 4 is 11.3 Å². The number of rotatable bonds is 4. The Labute approximate surface area is 179 Å². The summed E-state index contributed by atoms with van der Waals surface area (Å²) < 4.78 is 5.89. The number of hydrogen-bond donors (Lipinski definition) is 2. The number of allylic oxidation sites excluding steroid dienone is 1. The van der Waals surface area contributed by atoms with E-state index >= 15 is 0 Å². The topological polar surface area (TPSA) is 49.7 Å². The maximum Gasteiger partial charge on any atom is 0.0960 e. The highest BCUT2D eigenvalue weighted by Gasteiger charge is 2.64. The molecule has 29 heavy (non-hydrogen) atoms. The predicted molar refractivity (Wildman–Crippen MR) is 117 cm³/mol. The van der Waals surface area contributed by atoms with Gasteiger partial charge in [-0.3, -0.25) is 0 Å². The minimum Gasteiger partial charge on any atom is -0.394 e. The average molecular weight is 417 g/mol. The van der Waals surface area contributed by atoms with Crippen LogP contribution < -0.4 is 0 Å². The van der Waals surface area contributed by atoms with Crippen LogP contribution in [-0.2, 0) is 10.3 Å².